The fourth-order valence-electron chi connectivity index (χ4n) is 2.13. The van der Waals surface area contributed by atoms with Gasteiger partial charge in [-0.25, -0.2) is 0 Å². The first-order chi connectivity index (χ1) is 6.17. The molecular formula is C10H21NO2. The quantitative estimate of drug-likeness (QED) is 0.668. The first-order valence-electron chi connectivity index (χ1n) is 5.13. The second-order valence-electron chi connectivity index (χ2n) is 4.37. The SMILES string of the molecule is CC1CC(CO)CN(C(C)CO)C1. The summed E-state index contributed by atoms with van der Waals surface area (Å²) < 4.78 is 0. The number of aliphatic hydroxyl groups excluding tert-OH is 2. The van der Waals surface area contributed by atoms with Gasteiger partial charge < -0.3 is 10.2 Å². The van der Waals surface area contributed by atoms with Crippen molar-refractivity contribution >= 4 is 0 Å². The Hall–Kier alpha value is -0.120. The molecule has 0 aromatic carbocycles. The van der Waals surface area contributed by atoms with Gasteiger partial charge in [-0.1, -0.05) is 6.92 Å². The van der Waals surface area contributed by atoms with Gasteiger partial charge in [-0.3, -0.25) is 4.90 Å². The Morgan fingerprint density at radius 2 is 2.08 bits per heavy atom. The number of likely N-dealkylation sites (tertiary alicyclic amines) is 1. The maximum absolute atomic E-state index is 9.09. The van der Waals surface area contributed by atoms with E-state index in [1.165, 1.54) is 0 Å². The van der Waals surface area contributed by atoms with Gasteiger partial charge in [0.25, 0.3) is 0 Å². The summed E-state index contributed by atoms with van der Waals surface area (Å²) in [5.74, 6) is 1.04. The number of hydrogen-bond acceptors (Lipinski definition) is 3. The summed E-state index contributed by atoms with van der Waals surface area (Å²) >= 11 is 0. The highest BCUT2D eigenvalue weighted by molar-refractivity contribution is 4.79. The molecule has 3 atom stereocenters. The van der Waals surface area contributed by atoms with Crippen LogP contribution in [0.15, 0.2) is 0 Å². The molecule has 0 radical (unpaired) electrons. The highest BCUT2D eigenvalue weighted by Crippen LogP contribution is 2.22. The number of hydrogen-bond donors (Lipinski definition) is 2. The Balaban J connectivity index is 2.46. The molecule has 13 heavy (non-hydrogen) atoms. The van der Waals surface area contributed by atoms with E-state index in [4.69, 9.17) is 10.2 Å². The maximum atomic E-state index is 9.09. The average molecular weight is 187 g/mol. The molecule has 1 aliphatic rings. The molecule has 0 saturated carbocycles. The molecule has 1 aliphatic heterocycles. The van der Waals surface area contributed by atoms with Crippen molar-refractivity contribution in [2.45, 2.75) is 26.3 Å². The van der Waals surface area contributed by atoms with Crippen LogP contribution in [-0.2, 0) is 0 Å². The zero-order valence-corrected chi connectivity index (χ0v) is 8.61. The highest BCUT2D eigenvalue weighted by atomic mass is 16.3. The number of aliphatic hydroxyl groups is 2. The topological polar surface area (TPSA) is 43.7 Å². The molecule has 0 aromatic rings. The lowest BCUT2D eigenvalue weighted by molar-refractivity contribution is 0.0442. The molecule has 0 bridgehead atoms. The molecule has 3 unspecified atom stereocenters. The third-order valence-electron chi connectivity index (χ3n) is 2.92. The number of nitrogens with zero attached hydrogens (tertiary/aromatic N) is 1. The van der Waals surface area contributed by atoms with Crippen molar-refractivity contribution in [3.05, 3.63) is 0 Å². The molecule has 0 aliphatic carbocycles. The van der Waals surface area contributed by atoms with Crippen molar-refractivity contribution in [2.75, 3.05) is 26.3 Å². The molecule has 1 heterocycles. The van der Waals surface area contributed by atoms with E-state index in [1.54, 1.807) is 0 Å². The Kier molecular flexibility index (Phi) is 4.16. The van der Waals surface area contributed by atoms with E-state index < -0.39 is 0 Å². The average Bonchev–Trinajstić information content (AvgIpc) is 2.15. The summed E-state index contributed by atoms with van der Waals surface area (Å²) in [6.07, 6.45) is 1.12. The Bertz CT molecular complexity index is 152. The van der Waals surface area contributed by atoms with Crippen molar-refractivity contribution in [1.29, 1.82) is 0 Å². The molecule has 0 amide bonds. The summed E-state index contributed by atoms with van der Waals surface area (Å²) in [7, 11) is 0. The standard InChI is InChI=1S/C10H21NO2/c1-8-3-10(7-13)5-11(4-8)9(2)6-12/h8-10,12-13H,3-7H2,1-2H3. The van der Waals surface area contributed by atoms with Gasteiger partial charge in [-0.15, -0.1) is 0 Å². The van der Waals surface area contributed by atoms with E-state index in [1.807, 2.05) is 6.92 Å². The van der Waals surface area contributed by atoms with Crippen molar-refractivity contribution in [2.24, 2.45) is 11.8 Å². The second kappa shape index (κ2) is 4.94. The lowest BCUT2D eigenvalue weighted by Gasteiger charge is -2.38. The van der Waals surface area contributed by atoms with Crippen LogP contribution in [0.5, 0.6) is 0 Å². The van der Waals surface area contributed by atoms with Crippen LogP contribution in [0.25, 0.3) is 0 Å². The van der Waals surface area contributed by atoms with Crippen molar-refractivity contribution < 1.29 is 10.2 Å². The van der Waals surface area contributed by atoms with Gasteiger partial charge >= 0.3 is 0 Å². The van der Waals surface area contributed by atoms with E-state index in [9.17, 15) is 0 Å². The van der Waals surface area contributed by atoms with E-state index >= 15 is 0 Å². The Morgan fingerprint density at radius 3 is 2.62 bits per heavy atom. The normalized spacial score (nSPS) is 33.2. The smallest absolute Gasteiger partial charge is 0.0584 e. The molecule has 78 valence electrons. The van der Waals surface area contributed by atoms with E-state index in [0.29, 0.717) is 11.8 Å². The van der Waals surface area contributed by atoms with Crippen LogP contribution in [0.1, 0.15) is 20.3 Å². The minimum atomic E-state index is 0.213. The minimum Gasteiger partial charge on any atom is -0.396 e. The predicted molar refractivity (Wildman–Crippen MR) is 52.5 cm³/mol. The van der Waals surface area contributed by atoms with Gasteiger partial charge in [-0.05, 0) is 25.2 Å². The zero-order valence-electron chi connectivity index (χ0n) is 8.61. The number of piperidine rings is 1. The molecule has 1 saturated heterocycles. The van der Waals surface area contributed by atoms with Gasteiger partial charge in [-0.2, -0.15) is 0 Å². The van der Waals surface area contributed by atoms with Gasteiger partial charge in [0.15, 0.2) is 0 Å². The molecule has 0 spiro atoms. The molecule has 1 fully saturated rings. The third-order valence-corrected chi connectivity index (χ3v) is 2.92. The first-order valence-corrected chi connectivity index (χ1v) is 5.13. The first kappa shape index (κ1) is 11.0. The summed E-state index contributed by atoms with van der Waals surface area (Å²) in [5.41, 5.74) is 0. The fourth-order valence-corrected chi connectivity index (χ4v) is 2.13. The summed E-state index contributed by atoms with van der Waals surface area (Å²) in [6.45, 7) is 6.72. The van der Waals surface area contributed by atoms with Crippen LogP contribution in [0.3, 0.4) is 0 Å². The van der Waals surface area contributed by atoms with E-state index in [-0.39, 0.29) is 19.3 Å². The van der Waals surface area contributed by atoms with Gasteiger partial charge in [0, 0.05) is 25.7 Å². The predicted octanol–water partition coefficient (Wildman–Crippen LogP) is 0.317. The van der Waals surface area contributed by atoms with Crippen LogP contribution in [0.4, 0.5) is 0 Å². The molecule has 2 N–H and O–H groups in total. The molecule has 3 nitrogen and oxygen atoms in total. The van der Waals surface area contributed by atoms with Gasteiger partial charge in [0.2, 0.25) is 0 Å². The van der Waals surface area contributed by atoms with Crippen LogP contribution in [-0.4, -0.2) is 47.5 Å². The van der Waals surface area contributed by atoms with Crippen LogP contribution < -0.4 is 0 Å². The molecular weight excluding hydrogens is 166 g/mol. The highest BCUT2D eigenvalue weighted by Gasteiger charge is 2.26. The largest absolute Gasteiger partial charge is 0.396 e. The van der Waals surface area contributed by atoms with E-state index in [0.717, 1.165) is 19.5 Å². The molecule has 1 rings (SSSR count). The zero-order chi connectivity index (χ0) is 9.84. The van der Waals surface area contributed by atoms with Crippen LogP contribution in [0.2, 0.25) is 0 Å². The van der Waals surface area contributed by atoms with Gasteiger partial charge in [0.05, 0.1) is 6.61 Å². The lowest BCUT2D eigenvalue weighted by atomic mass is 9.90. The third kappa shape index (κ3) is 2.93. The Labute approximate surface area is 80.4 Å². The minimum absolute atomic E-state index is 0.213. The van der Waals surface area contributed by atoms with Crippen LogP contribution >= 0.6 is 0 Å². The van der Waals surface area contributed by atoms with Crippen molar-refractivity contribution in [3.63, 3.8) is 0 Å². The lowest BCUT2D eigenvalue weighted by Crippen LogP contribution is -2.46. The number of rotatable bonds is 3. The van der Waals surface area contributed by atoms with Gasteiger partial charge in [0.1, 0.15) is 0 Å². The van der Waals surface area contributed by atoms with Crippen molar-refractivity contribution in [1.82, 2.24) is 4.90 Å². The summed E-state index contributed by atoms with van der Waals surface area (Å²) in [5, 5.41) is 18.1. The molecule has 0 aromatic heterocycles. The maximum Gasteiger partial charge on any atom is 0.0584 e. The molecule has 3 heteroatoms. The second-order valence-corrected chi connectivity index (χ2v) is 4.37. The summed E-state index contributed by atoms with van der Waals surface area (Å²) in [4.78, 5) is 2.27. The monoisotopic (exact) mass is 187 g/mol. The fraction of sp³-hybridized carbons (Fsp3) is 1.00. The van der Waals surface area contributed by atoms with E-state index in [2.05, 4.69) is 11.8 Å². The summed E-state index contributed by atoms with van der Waals surface area (Å²) in [6, 6.07) is 0.233. The Morgan fingerprint density at radius 1 is 1.38 bits per heavy atom. The van der Waals surface area contributed by atoms with Crippen LogP contribution in [0, 0.1) is 11.8 Å². The van der Waals surface area contributed by atoms with Crippen molar-refractivity contribution in [3.8, 4) is 0 Å².